The molecule has 1 aliphatic heterocycles. The van der Waals surface area contributed by atoms with Gasteiger partial charge in [-0.15, -0.1) is 0 Å². The molecule has 0 aromatic carbocycles. The molecule has 22 heavy (non-hydrogen) atoms. The van der Waals surface area contributed by atoms with Crippen molar-refractivity contribution >= 4 is 31.0 Å². The smallest absolute Gasteiger partial charge is 0.385 e. The van der Waals surface area contributed by atoms with E-state index in [1.54, 1.807) is 0 Å². The second-order valence-electron chi connectivity index (χ2n) is 4.96. The number of carbonyl (C=O) groups is 3. The summed E-state index contributed by atoms with van der Waals surface area (Å²) < 4.78 is 39.2. The Morgan fingerprint density at radius 1 is 1.41 bits per heavy atom. The van der Waals surface area contributed by atoms with E-state index in [-0.39, 0.29) is 6.41 Å². The van der Waals surface area contributed by atoms with Gasteiger partial charge in [-0.25, -0.2) is 9.59 Å². The number of likely N-dealkylation sites (tertiary alicyclic amines) is 1. The Balaban J connectivity index is 2.82. The molecule has 126 valence electrons. The Labute approximate surface area is 130 Å². The highest BCUT2D eigenvalue weighted by atomic mass is 32.1. The molecule has 0 aromatic rings. The summed E-state index contributed by atoms with van der Waals surface area (Å²) in [6, 6.07) is -1.43. The fourth-order valence-electron chi connectivity index (χ4n) is 2.26. The first-order valence-electron chi connectivity index (χ1n) is 6.61. The molecule has 1 atom stereocenters. The summed E-state index contributed by atoms with van der Waals surface area (Å²) in [6.45, 7) is 3.87. The average molecular weight is 342 g/mol. The Kier molecular flexibility index (Phi) is 6.24. The number of nitrogens with one attached hydrogen (secondary N) is 1. The van der Waals surface area contributed by atoms with Gasteiger partial charge in [-0.1, -0.05) is 6.92 Å². The van der Waals surface area contributed by atoms with Crippen molar-refractivity contribution < 1.29 is 32.3 Å². The number of rotatable bonds is 5. The quantitative estimate of drug-likeness (QED) is 0.330. The molecule has 0 unspecified atom stereocenters. The number of alkyl halides is 3. The lowest BCUT2D eigenvalue weighted by Gasteiger charge is -2.41. The lowest BCUT2D eigenvalue weighted by molar-refractivity contribution is -0.202. The number of esters is 2. The van der Waals surface area contributed by atoms with Crippen LogP contribution >= 0.6 is 12.6 Å². The monoisotopic (exact) mass is 342 g/mol. The molecule has 1 aliphatic rings. The lowest BCUT2D eigenvalue weighted by Crippen LogP contribution is -2.57. The third-order valence-electron chi connectivity index (χ3n) is 3.60. The Morgan fingerprint density at radius 3 is 2.36 bits per heavy atom. The molecule has 0 saturated carbocycles. The molecule has 1 heterocycles. The topological polar surface area (TPSA) is 75.7 Å². The van der Waals surface area contributed by atoms with Crippen LogP contribution in [0.5, 0.6) is 0 Å². The molecule has 0 aliphatic carbocycles. The van der Waals surface area contributed by atoms with Crippen LogP contribution in [0.25, 0.3) is 0 Å². The van der Waals surface area contributed by atoms with Gasteiger partial charge in [-0.3, -0.25) is 4.79 Å². The number of ether oxygens (including phenoxy) is 1. The minimum absolute atomic E-state index is 0.175. The first-order valence-corrected chi connectivity index (χ1v) is 7.06. The van der Waals surface area contributed by atoms with Crippen LogP contribution in [0.4, 0.5) is 13.2 Å². The van der Waals surface area contributed by atoms with Crippen LogP contribution in [-0.4, -0.2) is 59.8 Å². The maximum Gasteiger partial charge on any atom is 0.491 e. The number of halogens is 3. The first kappa shape index (κ1) is 18.8. The third-order valence-corrected chi connectivity index (χ3v) is 4.31. The third kappa shape index (κ3) is 4.60. The highest BCUT2D eigenvalue weighted by Gasteiger charge is 2.48. The number of thiol groups is 1. The van der Waals surface area contributed by atoms with E-state index in [0.29, 0.717) is 25.9 Å². The summed E-state index contributed by atoms with van der Waals surface area (Å²) >= 11 is 4.35. The van der Waals surface area contributed by atoms with Crippen LogP contribution in [-0.2, 0) is 19.1 Å². The van der Waals surface area contributed by atoms with Crippen LogP contribution in [0.1, 0.15) is 19.8 Å². The summed E-state index contributed by atoms with van der Waals surface area (Å²) in [5.41, 5.74) is 0. The van der Waals surface area contributed by atoms with Crippen LogP contribution in [0.3, 0.4) is 0 Å². The van der Waals surface area contributed by atoms with Gasteiger partial charge in [-0.05, 0) is 32.5 Å². The highest BCUT2D eigenvalue weighted by Crippen LogP contribution is 2.33. The van der Waals surface area contributed by atoms with Crippen LogP contribution < -0.4 is 5.32 Å². The van der Waals surface area contributed by atoms with Crippen LogP contribution in [0.2, 0.25) is 0 Å². The van der Waals surface area contributed by atoms with Crippen molar-refractivity contribution in [1.82, 2.24) is 10.2 Å². The second kappa shape index (κ2) is 7.32. The summed E-state index contributed by atoms with van der Waals surface area (Å²) in [5.74, 6) is -4.08. The van der Waals surface area contributed by atoms with E-state index < -0.39 is 28.9 Å². The molecule has 1 fully saturated rings. The molecule has 0 bridgehead atoms. The first-order chi connectivity index (χ1) is 10.1. The van der Waals surface area contributed by atoms with Gasteiger partial charge in [0.1, 0.15) is 6.04 Å². The molecule has 1 amide bonds. The van der Waals surface area contributed by atoms with E-state index in [1.165, 1.54) is 0 Å². The standard InChI is InChI=1S/C12H17F3N2O4S/c1-2-17-5-3-11(22,4-6-17)8(16-7-18)9(19)21-10(20)12(13,14)15/h7-8,22H,2-6H2,1H3,(H,16,18)/t8-/m0/s1. The largest absolute Gasteiger partial charge is 0.491 e. The van der Waals surface area contributed by atoms with Crippen molar-refractivity contribution in [2.24, 2.45) is 0 Å². The summed E-state index contributed by atoms with van der Waals surface area (Å²) in [6.07, 6.45) is -4.40. The number of nitrogens with zero attached hydrogens (tertiary/aromatic N) is 1. The molecule has 6 nitrogen and oxygen atoms in total. The van der Waals surface area contributed by atoms with Crippen LogP contribution in [0, 0.1) is 0 Å². The summed E-state index contributed by atoms with van der Waals surface area (Å²) in [4.78, 5) is 35.3. The van der Waals surface area contributed by atoms with E-state index in [0.717, 1.165) is 6.54 Å². The minimum Gasteiger partial charge on any atom is -0.385 e. The molecule has 1 saturated heterocycles. The van der Waals surface area contributed by atoms with Gasteiger partial charge in [0, 0.05) is 4.75 Å². The number of carbonyl (C=O) groups excluding carboxylic acids is 3. The van der Waals surface area contributed by atoms with Gasteiger partial charge in [-0.2, -0.15) is 25.8 Å². The zero-order valence-corrected chi connectivity index (χ0v) is 12.7. The van der Waals surface area contributed by atoms with Gasteiger partial charge in [0.15, 0.2) is 0 Å². The highest BCUT2D eigenvalue weighted by molar-refractivity contribution is 7.82. The van der Waals surface area contributed by atoms with Crippen molar-refractivity contribution in [3.8, 4) is 0 Å². The average Bonchev–Trinajstić information content (AvgIpc) is 2.44. The predicted molar refractivity (Wildman–Crippen MR) is 73.2 cm³/mol. The van der Waals surface area contributed by atoms with E-state index in [1.807, 2.05) is 6.92 Å². The van der Waals surface area contributed by atoms with Crippen molar-refractivity contribution in [3.05, 3.63) is 0 Å². The van der Waals surface area contributed by atoms with Crippen molar-refractivity contribution in [1.29, 1.82) is 0 Å². The number of hydrogen-bond donors (Lipinski definition) is 2. The van der Waals surface area contributed by atoms with Crippen LogP contribution in [0.15, 0.2) is 0 Å². The second-order valence-corrected chi connectivity index (χ2v) is 5.85. The fourth-order valence-corrected chi connectivity index (χ4v) is 2.64. The normalized spacial score (nSPS) is 20.0. The van der Waals surface area contributed by atoms with Crippen molar-refractivity contribution in [3.63, 3.8) is 0 Å². The van der Waals surface area contributed by atoms with Gasteiger partial charge >= 0.3 is 18.1 Å². The molecule has 1 rings (SSSR count). The minimum atomic E-state index is -5.28. The van der Waals surface area contributed by atoms with Gasteiger partial charge in [0.2, 0.25) is 6.41 Å². The molecule has 0 spiro atoms. The molecule has 0 radical (unpaired) electrons. The fraction of sp³-hybridized carbons (Fsp3) is 0.750. The Hall–Kier alpha value is -1.29. The number of piperidine rings is 1. The number of hydrogen-bond acceptors (Lipinski definition) is 6. The number of amides is 1. The van der Waals surface area contributed by atoms with E-state index in [2.05, 4.69) is 27.6 Å². The van der Waals surface area contributed by atoms with E-state index in [9.17, 15) is 27.6 Å². The van der Waals surface area contributed by atoms with Gasteiger partial charge in [0.25, 0.3) is 0 Å². The predicted octanol–water partition coefficient (Wildman–Crippen LogP) is 0.517. The van der Waals surface area contributed by atoms with Gasteiger partial charge < -0.3 is 15.0 Å². The zero-order valence-electron chi connectivity index (χ0n) is 11.9. The van der Waals surface area contributed by atoms with Crippen molar-refractivity contribution in [2.45, 2.75) is 36.7 Å². The molecular weight excluding hydrogens is 325 g/mol. The Bertz CT molecular complexity index is 437. The molecule has 1 N–H and O–H groups in total. The van der Waals surface area contributed by atoms with E-state index >= 15 is 0 Å². The zero-order chi connectivity index (χ0) is 17.0. The Morgan fingerprint density at radius 2 is 1.95 bits per heavy atom. The maximum absolute atomic E-state index is 12.2. The van der Waals surface area contributed by atoms with Gasteiger partial charge in [0.05, 0.1) is 0 Å². The summed E-state index contributed by atoms with van der Waals surface area (Å²) in [5, 5.41) is 2.11. The molecular formula is C12H17F3N2O4S. The lowest BCUT2D eigenvalue weighted by atomic mass is 9.88. The summed E-state index contributed by atoms with van der Waals surface area (Å²) in [7, 11) is 0. The maximum atomic E-state index is 12.2. The van der Waals surface area contributed by atoms with E-state index in [4.69, 9.17) is 0 Å². The molecule has 10 heteroatoms. The SMILES string of the molecule is CCN1CCC(S)([C@@H](NC=O)C(=O)OC(=O)C(F)(F)F)CC1. The van der Waals surface area contributed by atoms with Crippen molar-refractivity contribution in [2.75, 3.05) is 19.6 Å². The molecule has 0 aromatic heterocycles.